The van der Waals surface area contributed by atoms with Gasteiger partial charge in [0.2, 0.25) is 10.0 Å². The van der Waals surface area contributed by atoms with Crippen LogP contribution in [0.25, 0.3) is 11.3 Å². The third kappa shape index (κ3) is 3.77. The first-order valence-corrected chi connectivity index (χ1v) is 10.8. The molecule has 6 nitrogen and oxygen atoms in total. The van der Waals surface area contributed by atoms with Crippen molar-refractivity contribution in [1.82, 2.24) is 0 Å². The standard InChI is InChI=1S/C23H21NO5S/c1-27-17-9-12-19(22(14-17)28-2)20-13-16-5-3-4-6-21(16)29-23(20)15-7-10-18(11-8-15)30(24,25)26/h3-12,14H,13H2,1-2H3,(H2,24,25,26). The monoisotopic (exact) mass is 423 g/mol. The Labute approximate surface area is 175 Å². The highest BCUT2D eigenvalue weighted by Crippen LogP contribution is 2.42. The van der Waals surface area contributed by atoms with Crippen molar-refractivity contribution in [2.45, 2.75) is 11.3 Å². The zero-order valence-electron chi connectivity index (χ0n) is 16.6. The smallest absolute Gasteiger partial charge is 0.238 e. The molecule has 0 saturated carbocycles. The molecule has 2 N–H and O–H groups in total. The van der Waals surface area contributed by atoms with Crippen molar-refractivity contribution in [2.24, 2.45) is 5.14 Å². The predicted octanol–water partition coefficient (Wildman–Crippen LogP) is 3.85. The number of nitrogens with two attached hydrogens (primary N) is 1. The number of methoxy groups -OCH3 is 2. The van der Waals surface area contributed by atoms with Crippen LogP contribution in [0.1, 0.15) is 16.7 Å². The van der Waals surface area contributed by atoms with Gasteiger partial charge in [0, 0.05) is 29.2 Å². The molecule has 0 bridgehead atoms. The maximum Gasteiger partial charge on any atom is 0.238 e. The molecular formula is C23H21NO5S. The quantitative estimate of drug-likeness (QED) is 0.673. The van der Waals surface area contributed by atoms with Crippen molar-refractivity contribution in [1.29, 1.82) is 0 Å². The molecular weight excluding hydrogens is 402 g/mol. The molecule has 0 fully saturated rings. The summed E-state index contributed by atoms with van der Waals surface area (Å²) in [7, 11) is -0.562. The summed E-state index contributed by atoms with van der Waals surface area (Å²) < 4.78 is 40.4. The van der Waals surface area contributed by atoms with E-state index in [0.717, 1.165) is 28.0 Å². The second kappa shape index (κ2) is 7.85. The number of fused-ring (bicyclic) bond motifs is 1. The molecule has 1 aliphatic heterocycles. The number of allylic oxidation sites excluding steroid dienone is 1. The number of para-hydroxylation sites is 1. The number of benzene rings is 3. The number of rotatable bonds is 5. The minimum atomic E-state index is -3.77. The molecule has 0 saturated heterocycles. The second-order valence-corrected chi connectivity index (χ2v) is 8.39. The molecule has 0 amide bonds. The Kier molecular flexibility index (Phi) is 5.24. The van der Waals surface area contributed by atoms with Gasteiger partial charge in [0.25, 0.3) is 0 Å². The SMILES string of the molecule is COc1ccc(C2=C(c3ccc(S(N)(=O)=O)cc3)Oc3ccccc3C2)c(OC)c1. The number of hydrogen-bond acceptors (Lipinski definition) is 5. The van der Waals surface area contributed by atoms with Crippen LogP contribution in [-0.2, 0) is 16.4 Å². The third-order valence-electron chi connectivity index (χ3n) is 5.00. The molecule has 1 heterocycles. The van der Waals surface area contributed by atoms with E-state index in [1.165, 1.54) is 12.1 Å². The number of ether oxygens (including phenoxy) is 3. The fourth-order valence-electron chi connectivity index (χ4n) is 3.49. The topological polar surface area (TPSA) is 87.9 Å². The maximum atomic E-state index is 11.6. The van der Waals surface area contributed by atoms with Gasteiger partial charge >= 0.3 is 0 Å². The highest BCUT2D eigenvalue weighted by atomic mass is 32.2. The average molecular weight is 423 g/mol. The van der Waals surface area contributed by atoms with Crippen molar-refractivity contribution >= 4 is 21.4 Å². The van der Waals surface area contributed by atoms with Crippen LogP contribution >= 0.6 is 0 Å². The van der Waals surface area contributed by atoms with E-state index >= 15 is 0 Å². The van der Waals surface area contributed by atoms with Gasteiger partial charge in [0.05, 0.1) is 19.1 Å². The Morgan fingerprint density at radius 2 is 1.67 bits per heavy atom. The average Bonchev–Trinajstić information content (AvgIpc) is 2.77. The van der Waals surface area contributed by atoms with E-state index in [4.69, 9.17) is 19.3 Å². The number of hydrogen-bond donors (Lipinski definition) is 1. The molecule has 0 aliphatic carbocycles. The number of primary sulfonamides is 1. The van der Waals surface area contributed by atoms with Crippen LogP contribution in [0.15, 0.2) is 71.6 Å². The van der Waals surface area contributed by atoms with Gasteiger partial charge in [-0.3, -0.25) is 0 Å². The van der Waals surface area contributed by atoms with Gasteiger partial charge in [0.15, 0.2) is 0 Å². The van der Waals surface area contributed by atoms with Crippen LogP contribution in [0.5, 0.6) is 17.2 Å². The van der Waals surface area contributed by atoms with Gasteiger partial charge in [0.1, 0.15) is 23.0 Å². The zero-order chi connectivity index (χ0) is 21.3. The molecule has 0 atom stereocenters. The summed E-state index contributed by atoms with van der Waals surface area (Å²) in [6.07, 6.45) is 0.630. The molecule has 154 valence electrons. The molecule has 0 aromatic heterocycles. The molecule has 0 unspecified atom stereocenters. The van der Waals surface area contributed by atoms with E-state index in [1.807, 2.05) is 42.5 Å². The van der Waals surface area contributed by atoms with Crippen molar-refractivity contribution in [3.63, 3.8) is 0 Å². The van der Waals surface area contributed by atoms with Crippen molar-refractivity contribution in [3.8, 4) is 17.2 Å². The van der Waals surface area contributed by atoms with Gasteiger partial charge < -0.3 is 14.2 Å². The van der Waals surface area contributed by atoms with E-state index in [1.54, 1.807) is 26.4 Å². The van der Waals surface area contributed by atoms with Gasteiger partial charge in [-0.2, -0.15) is 0 Å². The third-order valence-corrected chi connectivity index (χ3v) is 5.93. The summed E-state index contributed by atoms with van der Waals surface area (Å²) in [5, 5.41) is 5.23. The van der Waals surface area contributed by atoms with Gasteiger partial charge in [-0.25, -0.2) is 13.6 Å². The minimum absolute atomic E-state index is 0.0478. The zero-order valence-corrected chi connectivity index (χ0v) is 17.4. The van der Waals surface area contributed by atoms with Crippen LogP contribution in [-0.4, -0.2) is 22.6 Å². The lowest BCUT2D eigenvalue weighted by Crippen LogP contribution is -2.13. The molecule has 0 radical (unpaired) electrons. The Bertz CT molecular complexity index is 1230. The first-order valence-electron chi connectivity index (χ1n) is 9.25. The summed E-state index contributed by atoms with van der Waals surface area (Å²) in [6, 6.07) is 19.8. The van der Waals surface area contributed by atoms with E-state index < -0.39 is 10.0 Å². The minimum Gasteiger partial charge on any atom is -0.497 e. The Hall–Kier alpha value is -3.29. The van der Waals surface area contributed by atoms with Crippen LogP contribution in [0.2, 0.25) is 0 Å². The lowest BCUT2D eigenvalue weighted by Gasteiger charge is -2.25. The molecule has 1 aliphatic rings. The summed E-state index contributed by atoms with van der Waals surface area (Å²) >= 11 is 0. The van der Waals surface area contributed by atoms with Crippen molar-refractivity contribution in [2.75, 3.05) is 14.2 Å². The maximum absolute atomic E-state index is 11.6. The summed E-state index contributed by atoms with van der Waals surface area (Å²) in [6.45, 7) is 0. The largest absolute Gasteiger partial charge is 0.497 e. The second-order valence-electron chi connectivity index (χ2n) is 6.83. The van der Waals surface area contributed by atoms with Crippen LogP contribution in [0.3, 0.4) is 0 Å². The van der Waals surface area contributed by atoms with E-state index in [9.17, 15) is 8.42 Å². The predicted molar refractivity (Wildman–Crippen MR) is 115 cm³/mol. The molecule has 7 heteroatoms. The van der Waals surface area contributed by atoms with E-state index in [-0.39, 0.29) is 4.90 Å². The van der Waals surface area contributed by atoms with Crippen molar-refractivity contribution < 1.29 is 22.6 Å². The fourth-order valence-corrected chi connectivity index (χ4v) is 4.00. The lowest BCUT2D eigenvalue weighted by atomic mass is 9.91. The van der Waals surface area contributed by atoms with Gasteiger partial charge in [-0.05, 0) is 48.0 Å². The Balaban J connectivity index is 1.89. The lowest BCUT2D eigenvalue weighted by molar-refractivity contribution is 0.393. The summed E-state index contributed by atoms with van der Waals surface area (Å²) in [5.41, 5.74) is 3.59. The fraction of sp³-hybridized carbons (Fsp3) is 0.130. The number of sulfonamides is 1. The van der Waals surface area contributed by atoms with E-state index in [0.29, 0.717) is 23.7 Å². The first-order chi connectivity index (χ1) is 14.4. The summed E-state index contributed by atoms with van der Waals surface area (Å²) in [5.74, 6) is 2.75. The van der Waals surface area contributed by atoms with E-state index in [2.05, 4.69) is 0 Å². The van der Waals surface area contributed by atoms with Crippen LogP contribution in [0, 0.1) is 0 Å². The van der Waals surface area contributed by atoms with Crippen LogP contribution in [0.4, 0.5) is 0 Å². The Morgan fingerprint density at radius 1 is 0.933 bits per heavy atom. The molecule has 4 rings (SSSR count). The highest BCUT2D eigenvalue weighted by Gasteiger charge is 2.25. The molecule has 30 heavy (non-hydrogen) atoms. The Morgan fingerprint density at radius 3 is 2.33 bits per heavy atom. The highest BCUT2D eigenvalue weighted by molar-refractivity contribution is 7.89. The normalized spacial score (nSPS) is 13.4. The molecule has 3 aromatic carbocycles. The summed E-state index contributed by atoms with van der Waals surface area (Å²) in [4.78, 5) is 0.0478. The van der Waals surface area contributed by atoms with Crippen LogP contribution < -0.4 is 19.3 Å². The first kappa shape index (κ1) is 20.0. The molecule has 3 aromatic rings. The molecule has 0 spiro atoms. The van der Waals surface area contributed by atoms with Crippen molar-refractivity contribution in [3.05, 3.63) is 83.4 Å². The van der Waals surface area contributed by atoms with Gasteiger partial charge in [-0.15, -0.1) is 0 Å². The van der Waals surface area contributed by atoms with Gasteiger partial charge in [-0.1, -0.05) is 18.2 Å².